The maximum Gasteiger partial charge on any atom is 0.252 e. The second-order valence-corrected chi connectivity index (χ2v) is 12.3. The van der Waals surface area contributed by atoms with Crippen molar-refractivity contribution in [1.29, 1.82) is 0 Å². The van der Waals surface area contributed by atoms with E-state index in [1.54, 1.807) is 12.1 Å². The third-order valence-corrected chi connectivity index (χ3v) is 10.1. The molecule has 1 amide bonds. The van der Waals surface area contributed by atoms with Gasteiger partial charge in [0.05, 0.1) is 24.0 Å². The lowest BCUT2D eigenvalue weighted by atomic mass is 9.93. The predicted octanol–water partition coefficient (Wildman–Crippen LogP) is 3.17. The first-order valence-corrected chi connectivity index (χ1v) is 13.0. The van der Waals surface area contributed by atoms with E-state index in [-0.39, 0.29) is 35.1 Å². The zero-order valence-electron chi connectivity index (χ0n) is 15.5. The van der Waals surface area contributed by atoms with Crippen LogP contribution in [0.15, 0.2) is 29.3 Å². The molecule has 1 aromatic carbocycles. The van der Waals surface area contributed by atoms with E-state index in [4.69, 9.17) is 11.6 Å². The largest absolute Gasteiger partial charge is 0.343 e. The molecule has 0 N–H and O–H groups in total. The minimum absolute atomic E-state index is 0.00575. The third-order valence-electron chi connectivity index (χ3n) is 6.65. The van der Waals surface area contributed by atoms with Gasteiger partial charge >= 0.3 is 0 Å². The van der Waals surface area contributed by atoms with E-state index >= 15 is 0 Å². The molecule has 0 aromatic heterocycles. The molecule has 8 heteroatoms. The van der Waals surface area contributed by atoms with Crippen molar-refractivity contribution in [3.63, 3.8) is 0 Å². The smallest absolute Gasteiger partial charge is 0.252 e. The van der Waals surface area contributed by atoms with E-state index in [9.17, 15) is 13.2 Å². The van der Waals surface area contributed by atoms with E-state index < -0.39 is 9.84 Å². The van der Waals surface area contributed by atoms with Crippen molar-refractivity contribution in [2.24, 2.45) is 16.8 Å². The Hall–Kier alpha value is -1.05. The van der Waals surface area contributed by atoms with E-state index in [2.05, 4.69) is 9.89 Å². The number of nitrogens with zero attached hydrogens (tertiary/aromatic N) is 2. The highest BCUT2D eigenvalue weighted by Gasteiger charge is 2.54. The molecule has 2 aliphatic carbocycles. The van der Waals surface area contributed by atoms with Gasteiger partial charge in [-0.25, -0.2) is 8.42 Å². The van der Waals surface area contributed by atoms with Crippen LogP contribution in [0.4, 0.5) is 0 Å². The lowest BCUT2D eigenvalue weighted by molar-refractivity contribution is -0.117. The number of amides is 1. The normalized spacial score (nSPS) is 37.0. The summed E-state index contributed by atoms with van der Waals surface area (Å²) < 4.78 is 24.4. The van der Waals surface area contributed by atoms with Crippen LogP contribution >= 0.6 is 23.4 Å². The first-order chi connectivity index (χ1) is 13.4. The first-order valence-electron chi connectivity index (χ1n) is 9.89. The van der Waals surface area contributed by atoms with Crippen molar-refractivity contribution in [3.8, 4) is 0 Å². The molecule has 5 nitrogen and oxygen atoms in total. The van der Waals surface area contributed by atoms with Crippen LogP contribution < -0.4 is 0 Å². The molecule has 2 bridgehead atoms. The number of benzene rings is 1. The molecule has 150 valence electrons. The van der Waals surface area contributed by atoms with Gasteiger partial charge in [0.1, 0.15) is 0 Å². The summed E-state index contributed by atoms with van der Waals surface area (Å²) in [6.07, 6.45) is 5.09. The van der Waals surface area contributed by atoms with Crippen LogP contribution in [0.1, 0.15) is 31.2 Å². The number of sulfone groups is 1. The van der Waals surface area contributed by atoms with Crippen molar-refractivity contribution in [3.05, 3.63) is 34.9 Å². The van der Waals surface area contributed by atoms with Gasteiger partial charge in [0, 0.05) is 16.3 Å². The molecule has 28 heavy (non-hydrogen) atoms. The summed E-state index contributed by atoms with van der Waals surface area (Å²) in [5.41, 5.74) is 0.885. The Morgan fingerprint density at radius 2 is 1.93 bits per heavy atom. The zero-order chi connectivity index (χ0) is 19.5. The number of fused-ring (bicyclic) bond motifs is 3. The van der Waals surface area contributed by atoms with Crippen LogP contribution in [0.25, 0.3) is 0 Å². The molecule has 4 fully saturated rings. The quantitative estimate of drug-likeness (QED) is 0.725. The van der Waals surface area contributed by atoms with Gasteiger partial charge in [0.2, 0.25) is 0 Å². The molecule has 2 aliphatic heterocycles. The zero-order valence-corrected chi connectivity index (χ0v) is 17.8. The van der Waals surface area contributed by atoms with Crippen LogP contribution in [0.3, 0.4) is 0 Å². The van der Waals surface area contributed by atoms with Crippen LogP contribution in [-0.2, 0) is 21.1 Å². The lowest BCUT2D eigenvalue weighted by Gasteiger charge is -2.36. The van der Waals surface area contributed by atoms with E-state index in [1.165, 1.54) is 31.0 Å². The Bertz CT molecular complexity index is 931. The molecule has 5 atom stereocenters. The molecule has 0 unspecified atom stereocenters. The van der Waals surface area contributed by atoms with Gasteiger partial charge in [-0.05, 0) is 48.8 Å². The van der Waals surface area contributed by atoms with Crippen LogP contribution in [0, 0.1) is 11.8 Å². The van der Waals surface area contributed by atoms with Gasteiger partial charge in [-0.15, -0.1) is 0 Å². The fraction of sp³-hybridized carbons (Fsp3) is 0.600. The molecular weight excluding hydrogens is 416 g/mol. The summed E-state index contributed by atoms with van der Waals surface area (Å²) >= 11 is 7.42. The van der Waals surface area contributed by atoms with Gasteiger partial charge in [0.15, 0.2) is 15.0 Å². The number of hydrogen-bond donors (Lipinski definition) is 0. The molecule has 4 aliphatic rings. The fourth-order valence-corrected chi connectivity index (χ4v) is 9.57. The Kier molecular flexibility index (Phi) is 4.75. The van der Waals surface area contributed by atoms with Gasteiger partial charge in [-0.1, -0.05) is 41.9 Å². The fourth-order valence-electron chi connectivity index (χ4n) is 5.45. The summed E-state index contributed by atoms with van der Waals surface area (Å²) in [6, 6.07) is 7.56. The number of aliphatic imine (C=N–C) groups is 1. The van der Waals surface area contributed by atoms with E-state index in [1.807, 2.05) is 12.1 Å². The van der Waals surface area contributed by atoms with Gasteiger partial charge in [0.25, 0.3) is 5.91 Å². The van der Waals surface area contributed by atoms with E-state index in [0.29, 0.717) is 17.0 Å². The molecule has 0 radical (unpaired) electrons. The minimum atomic E-state index is -3.00. The van der Waals surface area contributed by atoms with Gasteiger partial charge in [-0.3, -0.25) is 4.79 Å². The van der Waals surface area contributed by atoms with Gasteiger partial charge in [-0.2, -0.15) is 4.99 Å². The predicted molar refractivity (Wildman–Crippen MR) is 112 cm³/mol. The van der Waals surface area contributed by atoms with Crippen molar-refractivity contribution in [2.75, 3.05) is 11.5 Å². The monoisotopic (exact) mass is 438 g/mol. The Labute approximate surface area is 174 Å². The highest BCUT2D eigenvalue weighted by molar-refractivity contribution is 8.15. The van der Waals surface area contributed by atoms with Crippen molar-refractivity contribution >= 4 is 44.3 Å². The molecule has 0 spiro atoms. The average molecular weight is 439 g/mol. The Morgan fingerprint density at radius 3 is 2.61 bits per heavy atom. The van der Waals surface area contributed by atoms with Gasteiger partial charge < -0.3 is 4.90 Å². The van der Waals surface area contributed by atoms with Crippen molar-refractivity contribution in [1.82, 2.24) is 4.90 Å². The van der Waals surface area contributed by atoms with Crippen molar-refractivity contribution in [2.45, 2.75) is 49.4 Å². The highest BCUT2D eigenvalue weighted by Crippen LogP contribution is 2.51. The summed E-state index contributed by atoms with van der Waals surface area (Å²) in [5, 5.41) is 1.40. The molecule has 2 saturated carbocycles. The molecule has 2 heterocycles. The standard InChI is InChI=1S/C20H23ClN2O3S2/c21-15-5-2-12(3-6-15)9-19(24)22-20-23(16-8-13-1-4-14(16)7-13)17-10-28(25,26)11-18(17)27-20/h2-3,5-6,13-14,16-18H,1,4,7-11H2/t13-,14-,16-,17-,18-/m1/s1. The average Bonchev–Trinajstić information content (AvgIpc) is 3.36. The number of rotatable bonds is 3. The number of thioether (sulfide) groups is 1. The topological polar surface area (TPSA) is 66.8 Å². The number of carbonyl (C=O) groups is 1. The molecular formula is C20H23ClN2O3S2. The molecule has 5 rings (SSSR count). The number of halogens is 1. The SMILES string of the molecule is O=C(Cc1ccc(Cl)cc1)N=C1S[C@@H]2CS(=O)(=O)C[C@H]2N1[C@@H]1C[C@@H]2CC[C@@H]1C2. The van der Waals surface area contributed by atoms with Crippen molar-refractivity contribution < 1.29 is 13.2 Å². The summed E-state index contributed by atoms with van der Waals surface area (Å²) in [4.78, 5) is 19.4. The minimum Gasteiger partial charge on any atom is -0.343 e. The van der Waals surface area contributed by atoms with E-state index in [0.717, 1.165) is 23.1 Å². The lowest BCUT2D eigenvalue weighted by Crippen LogP contribution is -2.47. The Morgan fingerprint density at radius 1 is 1.14 bits per heavy atom. The maximum absolute atomic E-state index is 12.6. The second kappa shape index (κ2) is 7.03. The summed E-state index contributed by atoms with van der Waals surface area (Å²) in [6.45, 7) is 0. The van der Waals surface area contributed by atoms with Crippen LogP contribution in [0.5, 0.6) is 0 Å². The second-order valence-electron chi connectivity index (χ2n) is 8.54. The number of hydrogen-bond acceptors (Lipinski definition) is 4. The summed E-state index contributed by atoms with van der Waals surface area (Å²) in [7, 11) is -3.00. The number of amidine groups is 1. The first kappa shape index (κ1) is 18.9. The van der Waals surface area contributed by atoms with Crippen LogP contribution in [-0.4, -0.2) is 53.2 Å². The third kappa shape index (κ3) is 3.50. The number of carbonyl (C=O) groups excluding carboxylic acids is 1. The highest BCUT2D eigenvalue weighted by atomic mass is 35.5. The van der Waals surface area contributed by atoms with Crippen LogP contribution in [0.2, 0.25) is 5.02 Å². The Balaban J connectivity index is 1.40. The maximum atomic E-state index is 12.6. The summed E-state index contributed by atoms with van der Waals surface area (Å²) in [5.74, 6) is 1.58. The molecule has 1 aromatic rings. The molecule has 2 saturated heterocycles.